The average Bonchev–Trinajstić information content (AvgIpc) is 3.38. The molecular weight excluding hydrogens is 390 g/mol. The van der Waals surface area contributed by atoms with Crippen molar-refractivity contribution in [1.29, 1.82) is 0 Å². The number of Topliss-reactive ketones (excluding diaryl/α,β-unsaturated/α-hetero) is 1. The van der Waals surface area contributed by atoms with Gasteiger partial charge in [-0.25, -0.2) is 0 Å². The van der Waals surface area contributed by atoms with Crippen molar-refractivity contribution < 1.29 is 9.53 Å². The number of unbranched alkanes of at least 4 members (excludes halogenated alkanes) is 1. The lowest BCUT2D eigenvalue weighted by molar-refractivity contribution is 0.101. The number of anilines is 1. The molecule has 1 fully saturated rings. The van der Waals surface area contributed by atoms with Crippen molar-refractivity contribution in [3.63, 3.8) is 0 Å². The molecular formula is C24H31N5O2. The molecule has 164 valence electrons. The van der Waals surface area contributed by atoms with Crippen LogP contribution < -0.4 is 10.5 Å². The number of hydrogen-bond acceptors (Lipinski definition) is 6. The summed E-state index contributed by atoms with van der Waals surface area (Å²) < 4.78 is 7.60. The molecule has 7 heteroatoms. The third-order valence-electron chi connectivity index (χ3n) is 5.82. The van der Waals surface area contributed by atoms with E-state index in [2.05, 4.69) is 46.1 Å². The summed E-state index contributed by atoms with van der Waals surface area (Å²) in [7, 11) is 0. The highest BCUT2D eigenvalue weighted by molar-refractivity contribution is 6.00. The minimum absolute atomic E-state index is 0.0310. The van der Waals surface area contributed by atoms with E-state index >= 15 is 0 Å². The van der Waals surface area contributed by atoms with Crippen LogP contribution in [0.1, 0.15) is 61.1 Å². The van der Waals surface area contributed by atoms with Crippen molar-refractivity contribution >= 4 is 22.6 Å². The van der Waals surface area contributed by atoms with Gasteiger partial charge in [-0.1, -0.05) is 37.6 Å². The number of likely N-dealkylation sites (tertiary alicyclic amines) is 1. The third kappa shape index (κ3) is 4.88. The van der Waals surface area contributed by atoms with Gasteiger partial charge in [0.1, 0.15) is 11.5 Å². The number of nitrogens with two attached hydrogens (primary N) is 1. The van der Waals surface area contributed by atoms with Crippen LogP contribution in [0.4, 0.5) is 5.82 Å². The quantitative estimate of drug-likeness (QED) is 0.414. The summed E-state index contributed by atoms with van der Waals surface area (Å²) >= 11 is 0. The molecule has 3 aromatic rings. The fourth-order valence-electron chi connectivity index (χ4n) is 4.08. The summed E-state index contributed by atoms with van der Waals surface area (Å²) in [5.41, 5.74) is 9.80. The van der Waals surface area contributed by atoms with Crippen LogP contribution in [-0.2, 0) is 13.1 Å². The Bertz CT molecular complexity index is 1050. The van der Waals surface area contributed by atoms with Crippen molar-refractivity contribution in [2.24, 2.45) is 0 Å². The Morgan fingerprint density at radius 2 is 1.77 bits per heavy atom. The SMILES string of the molecule is CCCCOc1nc(N)c2cc(C(C)=O)n(Cc3ccc(CN4CCCC4)cc3)c2n1. The van der Waals surface area contributed by atoms with E-state index in [0.717, 1.165) is 24.9 Å². The van der Waals surface area contributed by atoms with Crippen LogP contribution in [-0.4, -0.2) is 44.9 Å². The number of aromatic nitrogens is 3. The van der Waals surface area contributed by atoms with Gasteiger partial charge in [-0.3, -0.25) is 9.69 Å². The average molecular weight is 422 g/mol. The standard InChI is InChI=1S/C24H31N5O2/c1-3-4-13-31-24-26-22(25)20-14-21(17(2)30)29(23(20)27-24)16-19-9-7-18(8-10-19)15-28-11-5-6-12-28/h7-10,14H,3-6,11-13,15-16H2,1-2H3,(H2,25,26,27). The molecule has 0 bridgehead atoms. The maximum absolute atomic E-state index is 12.3. The Balaban J connectivity index is 1.61. The largest absolute Gasteiger partial charge is 0.463 e. The lowest BCUT2D eigenvalue weighted by atomic mass is 10.1. The number of rotatable bonds is 9. The molecule has 0 saturated carbocycles. The van der Waals surface area contributed by atoms with Crippen molar-refractivity contribution in [1.82, 2.24) is 19.4 Å². The van der Waals surface area contributed by atoms with Crippen LogP contribution in [0.15, 0.2) is 30.3 Å². The van der Waals surface area contributed by atoms with Gasteiger partial charge < -0.3 is 15.0 Å². The zero-order valence-electron chi connectivity index (χ0n) is 18.4. The molecule has 31 heavy (non-hydrogen) atoms. The zero-order chi connectivity index (χ0) is 21.8. The van der Waals surface area contributed by atoms with Crippen LogP contribution in [0.5, 0.6) is 6.01 Å². The number of hydrogen-bond donors (Lipinski definition) is 1. The van der Waals surface area contributed by atoms with Crippen LogP contribution in [0, 0.1) is 0 Å². The highest BCUT2D eigenvalue weighted by Crippen LogP contribution is 2.26. The summed E-state index contributed by atoms with van der Waals surface area (Å²) in [5.74, 6) is 0.301. The smallest absolute Gasteiger partial charge is 0.320 e. The van der Waals surface area contributed by atoms with Crippen molar-refractivity contribution in [3.05, 3.63) is 47.2 Å². The minimum atomic E-state index is -0.0310. The maximum Gasteiger partial charge on any atom is 0.320 e. The van der Waals surface area contributed by atoms with Gasteiger partial charge >= 0.3 is 6.01 Å². The summed E-state index contributed by atoms with van der Waals surface area (Å²) in [6, 6.07) is 10.7. The molecule has 7 nitrogen and oxygen atoms in total. The van der Waals surface area contributed by atoms with E-state index < -0.39 is 0 Å². The van der Waals surface area contributed by atoms with Gasteiger partial charge in [-0.15, -0.1) is 0 Å². The highest BCUT2D eigenvalue weighted by Gasteiger charge is 2.18. The van der Waals surface area contributed by atoms with Crippen molar-refractivity contribution in [2.45, 2.75) is 52.6 Å². The van der Waals surface area contributed by atoms with Gasteiger partial charge in [0.05, 0.1) is 17.7 Å². The van der Waals surface area contributed by atoms with Crippen LogP contribution in [0.25, 0.3) is 11.0 Å². The number of fused-ring (bicyclic) bond motifs is 1. The van der Waals surface area contributed by atoms with E-state index in [-0.39, 0.29) is 11.8 Å². The van der Waals surface area contributed by atoms with Crippen molar-refractivity contribution in [3.8, 4) is 6.01 Å². The first-order chi connectivity index (χ1) is 15.0. The number of nitrogens with zero attached hydrogens (tertiary/aromatic N) is 4. The molecule has 0 amide bonds. The van der Waals surface area contributed by atoms with Gasteiger partial charge in [0.2, 0.25) is 0 Å². The second-order valence-electron chi connectivity index (χ2n) is 8.30. The molecule has 0 spiro atoms. The van der Waals surface area contributed by atoms with Gasteiger partial charge in [0.15, 0.2) is 5.78 Å². The summed E-state index contributed by atoms with van der Waals surface area (Å²) in [6.07, 6.45) is 4.53. The number of ether oxygens (including phenoxy) is 1. The van der Waals surface area contributed by atoms with Crippen LogP contribution in [0.3, 0.4) is 0 Å². The summed E-state index contributed by atoms with van der Waals surface area (Å²) in [6.45, 7) is 8.10. The van der Waals surface area contributed by atoms with E-state index in [1.165, 1.54) is 31.5 Å². The van der Waals surface area contributed by atoms with E-state index in [1.54, 1.807) is 13.0 Å². The molecule has 1 saturated heterocycles. The van der Waals surface area contributed by atoms with E-state index in [1.807, 2.05) is 4.57 Å². The van der Waals surface area contributed by atoms with Crippen LogP contribution >= 0.6 is 0 Å². The Kier molecular flexibility index (Phi) is 6.51. The van der Waals surface area contributed by atoms with E-state index in [0.29, 0.717) is 35.7 Å². The fourth-order valence-corrected chi connectivity index (χ4v) is 4.08. The first-order valence-corrected chi connectivity index (χ1v) is 11.2. The highest BCUT2D eigenvalue weighted by atomic mass is 16.5. The number of ketones is 1. The number of benzene rings is 1. The van der Waals surface area contributed by atoms with Gasteiger partial charge in [-0.2, -0.15) is 9.97 Å². The molecule has 3 heterocycles. The van der Waals surface area contributed by atoms with Gasteiger partial charge in [0, 0.05) is 20.0 Å². The first kappa shape index (κ1) is 21.3. The van der Waals surface area contributed by atoms with Gasteiger partial charge in [-0.05, 0) is 49.5 Å². The van der Waals surface area contributed by atoms with E-state index in [4.69, 9.17) is 10.5 Å². The monoisotopic (exact) mass is 421 g/mol. The topological polar surface area (TPSA) is 86.3 Å². The maximum atomic E-state index is 12.3. The normalized spacial score (nSPS) is 14.4. The lowest BCUT2D eigenvalue weighted by Gasteiger charge is -2.15. The molecule has 0 radical (unpaired) electrons. The number of carbonyl (C=O) groups excluding carboxylic acids is 1. The summed E-state index contributed by atoms with van der Waals surface area (Å²) in [5, 5.41) is 0.679. The second kappa shape index (κ2) is 9.47. The Morgan fingerprint density at radius 1 is 1.10 bits per heavy atom. The summed E-state index contributed by atoms with van der Waals surface area (Å²) in [4.78, 5) is 23.7. The molecule has 1 aliphatic heterocycles. The minimum Gasteiger partial charge on any atom is -0.463 e. The molecule has 2 aromatic heterocycles. The lowest BCUT2D eigenvalue weighted by Crippen LogP contribution is -2.18. The number of carbonyl (C=O) groups is 1. The molecule has 1 aliphatic rings. The molecule has 4 rings (SSSR count). The third-order valence-corrected chi connectivity index (χ3v) is 5.82. The Hall–Kier alpha value is -2.93. The molecule has 2 N–H and O–H groups in total. The molecule has 0 atom stereocenters. The predicted octanol–water partition coefficient (Wildman–Crippen LogP) is 4.04. The molecule has 0 unspecified atom stereocenters. The fraction of sp³-hybridized carbons (Fsp3) is 0.458. The van der Waals surface area contributed by atoms with Crippen molar-refractivity contribution in [2.75, 3.05) is 25.4 Å². The Labute approximate surface area is 183 Å². The molecule has 1 aromatic carbocycles. The number of nitrogen functional groups attached to an aromatic ring is 1. The van der Waals surface area contributed by atoms with E-state index in [9.17, 15) is 4.79 Å². The predicted molar refractivity (Wildman–Crippen MR) is 122 cm³/mol. The Morgan fingerprint density at radius 3 is 2.42 bits per heavy atom. The van der Waals surface area contributed by atoms with Crippen LogP contribution in [0.2, 0.25) is 0 Å². The first-order valence-electron chi connectivity index (χ1n) is 11.2. The van der Waals surface area contributed by atoms with Gasteiger partial charge in [0.25, 0.3) is 0 Å². The zero-order valence-corrected chi connectivity index (χ0v) is 18.4. The second-order valence-corrected chi connectivity index (χ2v) is 8.30. The molecule has 0 aliphatic carbocycles.